The first-order valence-electron chi connectivity index (χ1n) is 8.95. The van der Waals surface area contributed by atoms with Gasteiger partial charge in [-0.05, 0) is 53.1 Å². The van der Waals surface area contributed by atoms with Crippen molar-refractivity contribution >= 4 is 23.2 Å². The van der Waals surface area contributed by atoms with Crippen LogP contribution in [-0.4, -0.2) is 56.1 Å². The number of carbonyl (C=O) groups is 2. The average molecular weight is 374 g/mol. The highest BCUT2D eigenvalue weighted by atomic mass is 32.1. The van der Waals surface area contributed by atoms with E-state index in [9.17, 15) is 9.59 Å². The van der Waals surface area contributed by atoms with Crippen LogP contribution >= 0.6 is 11.3 Å². The van der Waals surface area contributed by atoms with E-state index in [-0.39, 0.29) is 17.9 Å². The Bertz CT molecular complexity index is 785. The van der Waals surface area contributed by atoms with Crippen molar-refractivity contribution in [2.24, 2.45) is 11.8 Å². The summed E-state index contributed by atoms with van der Waals surface area (Å²) >= 11 is 1.49. The largest absolute Gasteiger partial charge is 0.351 e. The minimum absolute atomic E-state index is 0.0160. The van der Waals surface area contributed by atoms with Crippen LogP contribution < -0.4 is 5.32 Å². The highest BCUT2D eigenvalue weighted by Gasteiger charge is 2.44. The molecule has 1 saturated carbocycles. The Morgan fingerprint density at radius 1 is 1.35 bits per heavy atom. The average Bonchev–Trinajstić information content (AvgIpc) is 3.02. The molecule has 1 N–H and O–H groups in total. The third-order valence-corrected chi connectivity index (χ3v) is 6.25. The standard InChI is InChI=1S/C17H22N6O2S/c1-11-5-7-26-16(11)17(25)22-8-13(12-2-3-12)14(9-22)19-15(24)4-6-23-10-18-20-21-23/h5,7,10,12-14H,2-4,6,8-9H2,1H3,(H,19,24). The highest BCUT2D eigenvalue weighted by Crippen LogP contribution is 2.42. The molecule has 2 aromatic heterocycles. The zero-order chi connectivity index (χ0) is 18.1. The molecule has 2 fully saturated rings. The van der Waals surface area contributed by atoms with Gasteiger partial charge in [0, 0.05) is 25.4 Å². The molecule has 2 amide bonds. The lowest BCUT2D eigenvalue weighted by Crippen LogP contribution is -2.41. The first kappa shape index (κ1) is 17.1. The molecule has 2 atom stereocenters. The Morgan fingerprint density at radius 3 is 2.85 bits per heavy atom. The van der Waals surface area contributed by atoms with Gasteiger partial charge >= 0.3 is 0 Å². The number of amides is 2. The van der Waals surface area contributed by atoms with Gasteiger partial charge in [0.15, 0.2) is 0 Å². The Kier molecular flexibility index (Phi) is 4.71. The Balaban J connectivity index is 1.37. The molecular weight excluding hydrogens is 352 g/mol. The molecule has 1 aliphatic carbocycles. The number of carbonyl (C=O) groups excluding carboxylic acids is 2. The van der Waals surface area contributed by atoms with E-state index in [1.807, 2.05) is 23.3 Å². The third kappa shape index (κ3) is 3.62. The maximum Gasteiger partial charge on any atom is 0.264 e. The number of rotatable bonds is 6. The molecule has 138 valence electrons. The minimum atomic E-state index is -0.0160. The second-order valence-corrected chi connectivity index (χ2v) is 8.06. The van der Waals surface area contributed by atoms with Crippen LogP contribution in [0, 0.1) is 18.8 Å². The van der Waals surface area contributed by atoms with E-state index in [2.05, 4.69) is 20.8 Å². The summed E-state index contributed by atoms with van der Waals surface area (Å²) in [5.41, 5.74) is 1.02. The monoisotopic (exact) mass is 374 g/mol. The van der Waals surface area contributed by atoms with E-state index in [0.29, 0.717) is 31.3 Å². The smallest absolute Gasteiger partial charge is 0.264 e. The summed E-state index contributed by atoms with van der Waals surface area (Å²) in [4.78, 5) is 27.9. The molecule has 9 heteroatoms. The van der Waals surface area contributed by atoms with E-state index in [0.717, 1.165) is 17.0 Å². The van der Waals surface area contributed by atoms with Gasteiger partial charge in [0.25, 0.3) is 5.91 Å². The van der Waals surface area contributed by atoms with Crippen molar-refractivity contribution in [3.8, 4) is 0 Å². The number of hydrogen-bond donors (Lipinski definition) is 1. The number of thiophene rings is 1. The van der Waals surface area contributed by atoms with Gasteiger partial charge in [-0.25, -0.2) is 4.68 Å². The number of tetrazole rings is 1. The van der Waals surface area contributed by atoms with E-state index in [1.54, 1.807) is 4.68 Å². The maximum atomic E-state index is 12.8. The molecule has 0 spiro atoms. The van der Waals surface area contributed by atoms with Gasteiger partial charge in [-0.3, -0.25) is 9.59 Å². The molecule has 2 aromatic rings. The molecule has 2 aliphatic rings. The summed E-state index contributed by atoms with van der Waals surface area (Å²) in [6.45, 7) is 3.75. The Labute approximate surface area is 155 Å². The lowest BCUT2D eigenvalue weighted by Gasteiger charge is -2.19. The number of aromatic nitrogens is 4. The van der Waals surface area contributed by atoms with E-state index >= 15 is 0 Å². The molecule has 0 radical (unpaired) electrons. The van der Waals surface area contributed by atoms with Crippen molar-refractivity contribution in [1.82, 2.24) is 30.4 Å². The number of nitrogens with one attached hydrogen (secondary N) is 1. The highest BCUT2D eigenvalue weighted by molar-refractivity contribution is 7.12. The minimum Gasteiger partial charge on any atom is -0.351 e. The number of hydrogen-bond acceptors (Lipinski definition) is 6. The van der Waals surface area contributed by atoms with Crippen molar-refractivity contribution in [2.75, 3.05) is 13.1 Å². The van der Waals surface area contributed by atoms with E-state index in [1.165, 1.54) is 30.5 Å². The predicted molar refractivity (Wildman–Crippen MR) is 95.5 cm³/mol. The van der Waals surface area contributed by atoms with E-state index in [4.69, 9.17) is 0 Å². The van der Waals surface area contributed by atoms with Gasteiger partial charge in [-0.1, -0.05) is 0 Å². The fourth-order valence-corrected chi connectivity index (χ4v) is 4.55. The van der Waals surface area contributed by atoms with Crippen molar-refractivity contribution in [3.05, 3.63) is 28.2 Å². The molecule has 4 rings (SSSR count). The number of nitrogens with zero attached hydrogens (tertiary/aromatic N) is 5. The molecular formula is C17H22N6O2S. The quantitative estimate of drug-likeness (QED) is 0.817. The van der Waals surface area contributed by atoms with Crippen LogP contribution in [0.5, 0.6) is 0 Å². The van der Waals surface area contributed by atoms with Crippen molar-refractivity contribution in [1.29, 1.82) is 0 Å². The van der Waals surface area contributed by atoms with Crippen molar-refractivity contribution in [2.45, 2.75) is 38.8 Å². The van der Waals surface area contributed by atoms with Crippen molar-refractivity contribution in [3.63, 3.8) is 0 Å². The maximum absolute atomic E-state index is 12.8. The molecule has 26 heavy (non-hydrogen) atoms. The number of likely N-dealkylation sites (tertiary alicyclic amines) is 1. The first-order chi connectivity index (χ1) is 12.6. The van der Waals surface area contributed by atoms with Crippen LogP contribution in [0.15, 0.2) is 17.8 Å². The van der Waals surface area contributed by atoms with Gasteiger partial charge in [0.2, 0.25) is 5.91 Å². The second kappa shape index (κ2) is 7.14. The summed E-state index contributed by atoms with van der Waals surface area (Å²) in [7, 11) is 0. The van der Waals surface area contributed by atoms with Gasteiger partial charge in [0.1, 0.15) is 6.33 Å². The van der Waals surface area contributed by atoms with Gasteiger partial charge in [-0.15, -0.1) is 16.4 Å². The zero-order valence-corrected chi connectivity index (χ0v) is 15.5. The number of aryl methyl sites for hydroxylation is 2. The van der Waals surface area contributed by atoms with Crippen LogP contribution in [0.3, 0.4) is 0 Å². The zero-order valence-electron chi connectivity index (χ0n) is 14.7. The fraction of sp³-hybridized carbons (Fsp3) is 0.588. The molecule has 1 aliphatic heterocycles. The molecule has 2 unspecified atom stereocenters. The van der Waals surface area contributed by atoms with Gasteiger partial charge in [0.05, 0.1) is 17.5 Å². The van der Waals surface area contributed by atoms with E-state index < -0.39 is 0 Å². The second-order valence-electron chi connectivity index (χ2n) is 7.14. The molecule has 3 heterocycles. The lowest BCUT2D eigenvalue weighted by molar-refractivity contribution is -0.122. The third-order valence-electron chi connectivity index (χ3n) is 5.24. The topological polar surface area (TPSA) is 93.0 Å². The Hall–Kier alpha value is -2.29. The molecule has 8 nitrogen and oxygen atoms in total. The van der Waals surface area contributed by atoms with Crippen LogP contribution in [0.1, 0.15) is 34.5 Å². The first-order valence-corrected chi connectivity index (χ1v) is 9.83. The van der Waals surface area contributed by atoms with Crippen molar-refractivity contribution < 1.29 is 9.59 Å². The van der Waals surface area contributed by atoms with Crippen LogP contribution in [0.25, 0.3) is 0 Å². The summed E-state index contributed by atoms with van der Waals surface area (Å²) in [6.07, 6.45) is 4.22. The Morgan fingerprint density at radius 2 is 2.19 bits per heavy atom. The summed E-state index contributed by atoms with van der Waals surface area (Å²) in [5.74, 6) is 1.06. The van der Waals surface area contributed by atoms with Crippen LogP contribution in [-0.2, 0) is 11.3 Å². The van der Waals surface area contributed by atoms with Crippen LogP contribution in [0.2, 0.25) is 0 Å². The lowest BCUT2D eigenvalue weighted by atomic mass is 9.98. The van der Waals surface area contributed by atoms with Gasteiger partial charge in [-0.2, -0.15) is 0 Å². The summed E-state index contributed by atoms with van der Waals surface area (Å²) in [6, 6.07) is 2.01. The van der Waals surface area contributed by atoms with Crippen LogP contribution in [0.4, 0.5) is 0 Å². The fourth-order valence-electron chi connectivity index (χ4n) is 3.66. The van der Waals surface area contributed by atoms with Gasteiger partial charge < -0.3 is 10.2 Å². The SMILES string of the molecule is Cc1ccsc1C(=O)N1CC(NC(=O)CCn2cnnn2)C(C2CC2)C1. The molecule has 0 aromatic carbocycles. The predicted octanol–water partition coefficient (Wildman–Crippen LogP) is 1.10. The normalized spacial score (nSPS) is 22.6. The molecule has 0 bridgehead atoms. The molecule has 1 saturated heterocycles. The summed E-state index contributed by atoms with van der Waals surface area (Å²) in [5, 5.41) is 16.0. The summed E-state index contributed by atoms with van der Waals surface area (Å²) < 4.78 is 1.54.